The van der Waals surface area contributed by atoms with E-state index in [4.69, 9.17) is 5.73 Å². The topological polar surface area (TPSA) is 69.4 Å². The van der Waals surface area contributed by atoms with E-state index < -0.39 is 6.04 Å². The fourth-order valence-corrected chi connectivity index (χ4v) is 0.402. The molecular weight excluding hydrogens is 146 g/mol. The maximum Gasteiger partial charge on any atom is 0.305 e. The van der Waals surface area contributed by atoms with Gasteiger partial charge < -0.3 is 10.5 Å². The number of carbonyl (C=O) groups excluding carboxylic acids is 2. The monoisotopic (exact) mass is 159 g/mol. The Kier molecular flexibility index (Phi) is 4.45. The van der Waals surface area contributed by atoms with Gasteiger partial charge in [-0.05, 0) is 6.92 Å². The van der Waals surface area contributed by atoms with E-state index in [2.05, 4.69) is 4.74 Å². The lowest BCUT2D eigenvalue weighted by molar-refractivity contribution is -0.144. The van der Waals surface area contributed by atoms with E-state index in [-0.39, 0.29) is 18.4 Å². The molecule has 0 aromatic heterocycles. The van der Waals surface area contributed by atoms with Crippen LogP contribution in [0.15, 0.2) is 0 Å². The van der Waals surface area contributed by atoms with E-state index >= 15 is 0 Å². The molecule has 0 aromatic rings. The first-order valence-corrected chi connectivity index (χ1v) is 3.49. The van der Waals surface area contributed by atoms with Crippen molar-refractivity contribution >= 4 is 11.8 Å². The van der Waals surface area contributed by atoms with Crippen LogP contribution < -0.4 is 5.73 Å². The third kappa shape index (κ3) is 4.50. The second kappa shape index (κ2) is 4.85. The smallest absolute Gasteiger partial charge is 0.305 e. The van der Waals surface area contributed by atoms with E-state index in [1.54, 1.807) is 6.92 Å². The van der Waals surface area contributed by atoms with Crippen molar-refractivity contribution in [3.8, 4) is 0 Å². The first-order valence-electron chi connectivity index (χ1n) is 3.49. The van der Waals surface area contributed by atoms with Gasteiger partial charge in [0.15, 0.2) is 0 Å². The summed E-state index contributed by atoms with van der Waals surface area (Å²) in [5.74, 6) is -0.504. The van der Waals surface area contributed by atoms with Crippen LogP contribution in [0.25, 0.3) is 0 Å². The molecule has 0 saturated heterocycles. The molecule has 0 fully saturated rings. The van der Waals surface area contributed by atoms with Crippen molar-refractivity contribution in [2.24, 2.45) is 5.73 Å². The molecule has 0 heterocycles. The lowest BCUT2D eigenvalue weighted by Crippen LogP contribution is -2.34. The Hall–Kier alpha value is -0.900. The van der Waals surface area contributed by atoms with Crippen LogP contribution in [0.1, 0.15) is 20.3 Å². The lowest BCUT2D eigenvalue weighted by atomic mass is 10.2. The first kappa shape index (κ1) is 10.1. The summed E-state index contributed by atoms with van der Waals surface area (Å²) in [6, 6.07) is -0.675. The summed E-state index contributed by atoms with van der Waals surface area (Å²) >= 11 is 0. The molecule has 0 spiro atoms. The fourth-order valence-electron chi connectivity index (χ4n) is 0.402. The SMILES string of the molecule is CCC(=O)OCC(N)C(C)=O. The molecule has 0 aromatic carbocycles. The first-order chi connectivity index (χ1) is 5.07. The molecular formula is C7H13NO3. The number of esters is 1. The Labute approximate surface area is 65.7 Å². The predicted octanol–water partition coefficient (Wildman–Crippen LogP) is -0.144. The number of rotatable bonds is 4. The zero-order chi connectivity index (χ0) is 8.85. The third-order valence-corrected chi connectivity index (χ3v) is 1.23. The minimum Gasteiger partial charge on any atom is -0.464 e. The quantitative estimate of drug-likeness (QED) is 0.579. The molecule has 11 heavy (non-hydrogen) atoms. The molecule has 2 N–H and O–H groups in total. The van der Waals surface area contributed by atoms with E-state index in [1.807, 2.05) is 0 Å². The molecule has 4 heteroatoms. The van der Waals surface area contributed by atoms with Gasteiger partial charge in [-0.3, -0.25) is 9.59 Å². The van der Waals surface area contributed by atoms with Crippen molar-refractivity contribution in [1.82, 2.24) is 0 Å². The van der Waals surface area contributed by atoms with Crippen LogP contribution in [-0.4, -0.2) is 24.4 Å². The lowest BCUT2D eigenvalue weighted by Gasteiger charge is -2.07. The zero-order valence-electron chi connectivity index (χ0n) is 6.79. The van der Waals surface area contributed by atoms with Crippen molar-refractivity contribution < 1.29 is 14.3 Å². The van der Waals surface area contributed by atoms with Crippen LogP contribution >= 0.6 is 0 Å². The molecule has 4 nitrogen and oxygen atoms in total. The normalized spacial score (nSPS) is 12.3. The van der Waals surface area contributed by atoms with Crippen LogP contribution in [0, 0.1) is 0 Å². The summed E-state index contributed by atoms with van der Waals surface area (Å²) < 4.78 is 4.63. The number of ether oxygens (including phenoxy) is 1. The van der Waals surface area contributed by atoms with Gasteiger partial charge in [0.1, 0.15) is 12.4 Å². The highest BCUT2D eigenvalue weighted by atomic mass is 16.5. The van der Waals surface area contributed by atoms with Crippen molar-refractivity contribution in [2.45, 2.75) is 26.3 Å². The maximum atomic E-state index is 10.5. The van der Waals surface area contributed by atoms with Crippen molar-refractivity contribution in [3.63, 3.8) is 0 Å². The summed E-state index contributed by atoms with van der Waals surface area (Å²) in [4.78, 5) is 21.1. The molecule has 1 unspecified atom stereocenters. The van der Waals surface area contributed by atoms with Gasteiger partial charge in [0, 0.05) is 6.42 Å². The van der Waals surface area contributed by atoms with Gasteiger partial charge in [-0.2, -0.15) is 0 Å². The van der Waals surface area contributed by atoms with Gasteiger partial charge in [-0.25, -0.2) is 0 Å². The molecule has 1 atom stereocenters. The number of nitrogens with two attached hydrogens (primary N) is 1. The van der Waals surface area contributed by atoms with Crippen molar-refractivity contribution in [3.05, 3.63) is 0 Å². The second-order valence-electron chi connectivity index (χ2n) is 2.25. The predicted molar refractivity (Wildman–Crippen MR) is 39.9 cm³/mol. The van der Waals surface area contributed by atoms with E-state index in [9.17, 15) is 9.59 Å². The number of carbonyl (C=O) groups is 2. The minimum atomic E-state index is -0.675. The molecule has 0 amide bonds. The van der Waals surface area contributed by atoms with Crippen molar-refractivity contribution in [1.29, 1.82) is 0 Å². The largest absolute Gasteiger partial charge is 0.464 e. The molecule has 0 saturated carbocycles. The standard InChI is InChI=1S/C7H13NO3/c1-3-7(10)11-4-6(8)5(2)9/h6H,3-4,8H2,1-2H3. The highest BCUT2D eigenvalue weighted by Crippen LogP contribution is 1.87. The summed E-state index contributed by atoms with van der Waals surface area (Å²) in [6.45, 7) is 3.04. The molecule has 0 aliphatic carbocycles. The average molecular weight is 159 g/mol. The number of hydrogen-bond acceptors (Lipinski definition) is 4. The van der Waals surface area contributed by atoms with Crippen LogP contribution in [0.3, 0.4) is 0 Å². The summed E-state index contributed by atoms with van der Waals surface area (Å²) in [6.07, 6.45) is 0.310. The minimum absolute atomic E-state index is 0.0119. The highest BCUT2D eigenvalue weighted by Gasteiger charge is 2.09. The van der Waals surface area contributed by atoms with Gasteiger partial charge in [-0.1, -0.05) is 6.92 Å². The summed E-state index contributed by atoms with van der Waals surface area (Å²) in [5.41, 5.74) is 5.29. The Balaban J connectivity index is 3.54. The van der Waals surface area contributed by atoms with Crippen molar-refractivity contribution in [2.75, 3.05) is 6.61 Å². The fraction of sp³-hybridized carbons (Fsp3) is 0.714. The number of Topliss-reactive ketones (excluding diaryl/α,β-unsaturated/α-hetero) is 1. The van der Waals surface area contributed by atoms with E-state index in [0.29, 0.717) is 6.42 Å². The molecule has 0 rings (SSSR count). The summed E-state index contributed by atoms with van der Waals surface area (Å²) in [7, 11) is 0. The Morgan fingerprint density at radius 2 is 2.09 bits per heavy atom. The average Bonchev–Trinajstić information content (AvgIpc) is 1.99. The molecule has 0 radical (unpaired) electrons. The van der Waals surface area contributed by atoms with E-state index in [1.165, 1.54) is 6.92 Å². The molecule has 64 valence electrons. The van der Waals surface area contributed by atoms with Gasteiger partial charge in [0.25, 0.3) is 0 Å². The Morgan fingerprint density at radius 3 is 2.45 bits per heavy atom. The summed E-state index contributed by atoms with van der Waals surface area (Å²) in [5, 5.41) is 0. The van der Waals surface area contributed by atoms with Gasteiger partial charge in [0.05, 0.1) is 6.04 Å². The highest BCUT2D eigenvalue weighted by molar-refractivity contribution is 5.81. The van der Waals surface area contributed by atoms with Crippen LogP contribution in [0.2, 0.25) is 0 Å². The molecule has 0 aliphatic rings. The number of hydrogen-bond donors (Lipinski definition) is 1. The van der Waals surface area contributed by atoms with Gasteiger partial charge in [0.2, 0.25) is 0 Å². The molecule has 0 aliphatic heterocycles. The number of ketones is 1. The van der Waals surface area contributed by atoms with Gasteiger partial charge in [-0.15, -0.1) is 0 Å². The third-order valence-electron chi connectivity index (χ3n) is 1.23. The van der Waals surface area contributed by atoms with Crippen LogP contribution in [0.5, 0.6) is 0 Å². The zero-order valence-corrected chi connectivity index (χ0v) is 6.79. The van der Waals surface area contributed by atoms with Crippen LogP contribution in [0.4, 0.5) is 0 Å². The second-order valence-corrected chi connectivity index (χ2v) is 2.25. The molecule has 0 bridgehead atoms. The van der Waals surface area contributed by atoms with Gasteiger partial charge >= 0.3 is 5.97 Å². The Morgan fingerprint density at radius 1 is 1.55 bits per heavy atom. The van der Waals surface area contributed by atoms with E-state index in [0.717, 1.165) is 0 Å². The maximum absolute atomic E-state index is 10.5. The Bertz CT molecular complexity index is 156. The van der Waals surface area contributed by atoms with Crippen LogP contribution in [-0.2, 0) is 14.3 Å².